The zero-order valence-corrected chi connectivity index (χ0v) is 15.8. The molecule has 0 bridgehead atoms. The van der Waals surface area contributed by atoms with Crippen molar-refractivity contribution in [1.29, 1.82) is 5.41 Å². The van der Waals surface area contributed by atoms with Crippen LogP contribution >= 0.6 is 23.2 Å². The van der Waals surface area contributed by atoms with Gasteiger partial charge in [0.2, 0.25) is 5.95 Å². The van der Waals surface area contributed by atoms with E-state index in [1.807, 2.05) is 6.07 Å². The predicted molar refractivity (Wildman–Crippen MR) is 106 cm³/mol. The average molecular weight is 397 g/mol. The molecule has 26 heavy (non-hydrogen) atoms. The van der Waals surface area contributed by atoms with Crippen molar-refractivity contribution in [2.75, 3.05) is 11.9 Å². The van der Waals surface area contributed by atoms with E-state index in [9.17, 15) is 4.79 Å². The third-order valence-electron chi connectivity index (χ3n) is 3.96. The molecule has 0 atom stereocenters. The maximum atomic E-state index is 12.3. The van der Waals surface area contributed by atoms with Crippen molar-refractivity contribution in [2.24, 2.45) is 0 Å². The molecule has 1 aromatic carbocycles. The number of hydrogen-bond acceptors (Lipinski definition) is 5. The molecule has 0 amide bonds. The highest BCUT2D eigenvalue weighted by Crippen LogP contribution is 2.22. The molecule has 6 nitrogen and oxygen atoms in total. The fourth-order valence-corrected chi connectivity index (χ4v) is 2.88. The lowest BCUT2D eigenvalue weighted by atomic mass is 10.1. The van der Waals surface area contributed by atoms with Crippen LogP contribution in [-0.4, -0.2) is 27.9 Å². The normalized spacial score (nSPS) is 10.7. The van der Waals surface area contributed by atoms with Crippen molar-refractivity contribution in [3.8, 4) is 0 Å². The minimum atomic E-state index is -0.239. The molecule has 140 valence electrons. The van der Waals surface area contributed by atoms with E-state index in [2.05, 4.69) is 15.3 Å². The molecule has 0 saturated carbocycles. The van der Waals surface area contributed by atoms with E-state index < -0.39 is 0 Å². The highest BCUT2D eigenvalue weighted by molar-refractivity contribution is 6.42. The van der Waals surface area contributed by atoms with Crippen LogP contribution in [0.4, 0.5) is 5.95 Å². The van der Waals surface area contributed by atoms with Crippen molar-refractivity contribution < 1.29 is 5.11 Å². The number of nitrogens with zero attached hydrogens (tertiary/aromatic N) is 1. The summed E-state index contributed by atoms with van der Waals surface area (Å²) in [4.78, 5) is 19.4. The number of aliphatic hydroxyl groups is 1. The number of aromatic nitrogens is 2. The second kappa shape index (κ2) is 10.3. The van der Waals surface area contributed by atoms with Crippen LogP contribution in [0.15, 0.2) is 23.0 Å². The van der Waals surface area contributed by atoms with Gasteiger partial charge in [-0.05, 0) is 37.0 Å². The smallest absolute Gasteiger partial charge is 0.256 e. The topological polar surface area (TPSA) is 102 Å². The Hall–Kier alpha value is -1.89. The zero-order chi connectivity index (χ0) is 18.9. The summed E-state index contributed by atoms with van der Waals surface area (Å²) in [5.41, 5.74) is 1.54. The van der Waals surface area contributed by atoms with E-state index >= 15 is 0 Å². The van der Waals surface area contributed by atoms with E-state index in [4.69, 9.17) is 33.7 Å². The highest BCUT2D eigenvalue weighted by atomic mass is 35.5. The molecular formula is C18H22Cl2N4O2. The Kier molecular flexibility index (Phi) is 8.09. The van der Waals surface area contributed by atoms with Gasteiger partial charge in [0.05, 0.1) is 15.7 Å². The lowest BCUT2D eigenvalue weighted by Gasteiger charge is -2.10. The van der Waals surface area contributed by atoms with Crippen LogP contribution < -0.4 is 10.9 Å². The molecule has 0 unspecified atom stereocenters. The van der Waals surface area contributed by atoms with Crippen LogP contribution in [0.25, 0.3) is 0 Å². The molecule has 4 N–H and O–H groups in total. The van der Waals surface area contributed by atoms with Crippen LogP contribution in [0.3, 0.4) is 0 Å². The van der Waals surface area contributed by atoms with Crippen molar-refractivity contribution >= 4 is 35.4 Å². The molecule has 0 radical (unpaired) electrons. The molecular weight excluding hydrogens is 375 g/mol. The second-order valence-corrected chi connectivity index (χ2v) is 6.73. The Bertz CT molecular complexity index is 808. The zero-order valence-electron chi connectivity index (χ0n) is 14.3. The lowest BCUT2D eigenvalue weighted by molar-refractivity contribution is 0.282. The van der Waals surface area contributed by atoms with Crippen LogP contribution in [0.2, 0.25) is 10.0 Å². The van der Waals surface area contributed by atoms with E-state index in [-0.39, 0.29) is 12.2 Å². The number of rotatable bonds is 10. The van der Waals surface area contributed by atoms with Crippen LogP contribution in [-0.2, 0) is 13.0 Å². The van der Waals surface area contributed by atoms with Gasteiger partial charge in [0, 0.05) is 24.9 Å². The number of aromatic amines is 1. The summed E-state index contributed by atoms with van der Waals surface area (Å²) < 4.78 is 0. The molecule has 0 aliphatic heterocycles. The van der Waals surface area contributed by atoms with Gasteiger partial charge >= 0.3 is 0 Å². The number of aliphatic hydroxyl groups excluding tert-OH is 1. The molecule has 0 aliphatic carbocycles. The van der Waals surface area contributed by atoms with E-state index in [0.29, 0.717) is 40.2 Å². The number of H-pyrrole nitrogens is 1. The van der Waals surface area contributed by atoms with Gasteiger partial charge in [-0.3, -0.25) is 9.78 Å². The summed E-state index contributed by atoms with van der Waals surface area (Å²) in [6, 6.07) is 5.28. The Labute approximate surface area is 162 Å². The average Bonchev–Trinajstić information content (AvgIpc) is 2.63. The van der Waals surface area contributed by atoms with Crippen LogP contribution in [0.5, 0.6) is 0 Å². The molecule has 0 fully saturated rings. The number of unbranched alkanes of at least 4 members (excludes halogenated alkanes) is 3. The van der Waals surface area contributed by atoms with Crippen LogP contribution in [0, 0.1) is 5.41 Å². The van der Waals surface area contributed by atoms with Gasteiger partial charge < -0.3 is 15.8 Å². The van der Waals surface area contributed by atoms with E-state index in [0.717, 1.165) is 37.5 Å². The first-order valence-electron chi connectivity index (χ1n) is 8.47. The molecule has 2 aromatic rings. The first-order valence-corrected chi connectivity index (χ1v) is 9.23. The van der Waals surface area contributed by atoms with E-state index in [1.54, 1.807) is 12.1 Å². The summed E-state index contributed by atoms with van der Waals surface area (Å²) in [5.74, 6) is 0.309. The van der Waals surface area contributed by atoms with Crippen LogP contribution in [0.1, 0.15) is 42.5 Å². The standard InChI is InChI=1S/C18H22Cl2N4O2/c19-14-7-6-12(9-15(14)20)11-22-18-23-16(10-21)13(17(26)24-18)5-3-1-2-4-8-25/h6-7,9-10,21,25H,1-5,8,11H2,(H2,22,23,24,26). The molecule has 1 aromatic heterocycles. The molecule has 0 spiro atoms. The minimum absolute atomic E-state index is 0.188. The monoisotopic (exact) mass is 396 g/mol. The largest absolute Gasteiger partial charge is 0.396 e. The first-order chi connectivity index (χ1) is 12.5. The Balaban J connectivity index is 2.03. The number of halogens is 2. The Morgan fingerprint density at radius 3 is 2.65 bits per heavy atom. The molecule has 1 heterocycles. The summed E-state index contributed by atoms with van der Waals surface area (Å²) in [6.45, 7) is 0.602. The summed E-state index contributed by atoms with van der Waals surface area (Å²) in [6.07, 6.45) is 5.10. The summed E-state index contributed by atoms with van der Waals surface area (Å²) in [5, 5.41) is 20.3. The Morgan fingerprint density at radius 2 is 1.96 bits per heavy atom. The fourth-order valence-electron chi connectivity index (χ4n) is 2.56. The van der Waals surface area contributed by atoms with Gasteiger partial charge in [-0.2, -0.15) is 0 Å². The van der Waals surface area contributed by atoms with Gasteiger partial charge in [0.1, 0.15) is 0 Å². The van der Waals surface area contributed by atoms with Crippen molar-refractivity contribution in [2.45, 2.75) is 38.6 Å². The van der Waals surface area contributed by atoms with Crippen molar-refractivity contribution in [1.82, 2.24) is 9.97 Å². The van der Waals surface area contributed by atoms with E-state index in [1.165, 1.54) is 0 Å². The van der Waals surface area contributed by atoms with Gasteiger partial charge in [-0.25, -0.2) is 4.98 Å². The minimum Gasteiger partial charge on any atom is -0.396 e. The number of nitrogens with one attached hydrogen (secondary N) is 3. The number of anilines is 1. The molecule has 8 heteroatoms. The SMILES string of the molecule is N=Cc1nc(NCc2ccc(Cl)c(Cl)c2)[nH]c(=O)c1CCCCCCO. The molecule has 0 aliphatic rings. The molecule has 0 saturated heterocycles. The third-order valence-corrected chi connectivity index (χ3v) is 4.70. The summed E-state index contributed by atoms with van der Waals surface area (Å²) in [7, 11) is 0. The molecule has 2 rings (SSSR count). The summed E-state index contributed by atoms with van der Waals surface area (Å²) >= 11 is 11.9. The van der Waals surface area contributed by atoms with Gasteiger partial charge in [0.15, 0.2) is 0 Å². The van der Waals surface area contributed by atoms with Gasteiger partial charge in [-0.15, -0.1) is 0 Å². The maximum Gasteiger partial charge on any atom is 0.256 e. The van der Waals surface area contributed by atoms with Gasteiger partial charge in [0.25, 0.3) is 5.56 Å². The second-order valence-electron chi connectivity index (χ2n) is 5.91. The number of hydrogen-bond donors (Lipinski definition) is 4. The maximum absolute atomic E-state index is 12.3. The lowest BCUT2D eigenvalue weighted by Crippen LogP contribution is -2.20. The van der Waals surface area contributed by atoms with Gasteiger partial charge in [-0.1, -0.05) is 42.1 Å². The Morgan fingerprint density at radius 1 is 1.19 bits per heavy atom. The third kappa shape index (κ3) is 5.83. The van der Waals surface area contributed by atoms with Crippen molar-refractivity contribution in [3.63, 3.8) is 0 Å². The first kappa shape index (κ1) is 20.4. The number of benzene rings is 1. The fraction of sp³-hybridized carbons (Fsp3) is 0.389. The highest BCUT2D eigenvalue weighted by Gasteiger charge is 2.10. The quantitative estimate of drug-likeness (QED) is 0.362. The predicted octanol–water partition coefficient (Wildman–Crippen LogP) is 3.78. The van der Waals surface area contributed by atoms with Crippen molar-refractivity contribution in [3.05, 3.63) is 55.4 Å².